The Kier molecular flexibility index (Phi) is 4.78. The minimum atomic E-state index is 0.112. The normalized spacial score (nSPS) is 20.2. The molecule has 0 N–H and O–H groups in total. The lowest BCUT2D eigenvalue weighted by molar-refractivity contribution is -0.132. The van der Waals surface area contributed by atoms with Crippen LogP contribution < -0.4 is 0 Å². The van der Waals surface area contributed by atoms with Gasteiger partial charge in [-0.2, -0.15) is 5.10 Å². The molecule has 25 heavy (non-hydrogen) atoms. The van der Waals surface area contributed by atoms with Gasteiger partial charge in [0.25, 0.3) is 0 Å². The van der Waals surface area contributed by atoms with Crippen molar-refractivity contribution in [1.29, 1.82) is 0 Å². The minimum absolute atomic E-state index is 0.112. The van der Waals surface area contributed by atoms with Gasteiger partial charge >= 0.3 is 0 Å². The first kappa shape index (κ1) is 16.3. The van der Waals surface area contributed by atoms with E-state index >= 15 is 0 Å². The van der Waals surface area contributed by atoms with Gasteiger partial charge in [0.05, 0.1) is 25.3 Å². The van der Waals surface area contributed by atoms with Crippen LogP contribution in [0, 0.1) is 11.8 Å². The van der Waals surface area contributed by atoms with Crippen LogP contribution in [0.25, 0.3) is 0 Å². The summed E-state index contributed by atoms with van der Waals surface area (Å²) in [5.41, 5.74) is 1.89. The molecule has 1 amide bonds. The van der Waals surface area contributed by atoms with Crippen molar-refractivity contribution in [2.75, 3.05) is 19.8 Å². The number of rotatable bonds is 6. The number of nitrogens with zero attached hydrogens (tertiary/aromatic N) is 4. The quantitative estimate of drug-likeness (QED) is 0.806. The van der Waals surface area contributed by atoms with E-state index in [1.165, 1.54) is 12.8 Å². The Bertz CT molecular complexity index is 711. The first-order chi connectivity index (χ1) is 12.3. The van der Waals surface area contributed by atoms with Crippen molar-refractivity contribution >= 4 is 5.91 Å². The summed E-state index contributed by atoms with van der Waals surface area (Å²) >= 11 is 0. The topological polar surface area (TPSA) is 60.2 Å². The average molecular weight is 340 g/mol. The van der Waals surface area contributed by atoms with Crippen LogP contribution in [0.5, 0.6) is 0 Å². The number of carbonyl (C=O) groups excluding carboxylic acids is 1. The van der Waals surface area contributed by atoms with E-state index < -0.39 is 0 Å². The Hall–Kier alpha value is -2.21. The molecule has 1 aliphatic heterocycles. The minimum Gasteiger partial charge on any atom is -0.381 e. The summed E-state index contributed by atoms with van der Waals surface area (Å²) in [6.45, 7) is 3.65. The predicted molar refractivity (Wildman–Crippen MR) is 92.6 cm³/mol. The summed E-state index contributed by atoms with van der Waals surface area (Å²) in [5.74, 6) is 1.14. The molecule has 2 aromatic heterocycles. The zero-order valence-electron chi connectivity index (χ0n) is 14.4. The molecule has 0 aromatic carbocycles. The standard InChI is InChI=1S/C19H24N4O2/c24-19(9-17-3-1-2-7-20-17)22-10-16(14-25-13-15-4-5-15)11-23-18(12-22)6-8-21-23/h1-3,6-8,15-16H,4-5,9-14H2/t16-/m0/s1. The molecule has 1 saturated carbocycles. The van der Waals surface area contributed by atoms with E-state index in [0.717, 1.165) is 30.5 Å². The number of hydrogen-bond acceptors (Lipinski definition) is 4. The van der Waals surface area contributed by atoms with Crippen molar-refractivity contribution in [3.63, 3.8) is 0 Å². The highest BCUT2D eigenvalue weighted by Gasteiger charge is 2.27. The molecule has 3 heterocycles. The first-order valence-corrected chi connectivity index (χ1v) is 9.04. The highest BCUT2D eigenvalue weighted by atomic mass is 16.5. The van der Waals surface area contributed by atoms with Crippen molar-refractivity contribution < 1.29 is 9.53 Å². The summed E-state index contributed by atoms with van der Waals surface area (Å²) in [5, 5.41) is 4.41. The highest BCUT2D eigenvalue weighted by molar-refractivity contribution is 5.78. The summed E-state index contributed by atoms with van der Waals surface area (Å²) in [6.07, 6.45) is 6.47. The SMILES string of the molecule is O=C(Cc1ccccn1)N1Cc2ccnn2C[C@@H](COCC2CC2)C1. The van der Waals surface area contributed by atoms with Gasteiger partial charge in [0.2, 0.25) is 5.91 Å². The second-order valence-electron chi connectivity index (χ2n) is 7.12. The van der Waals surface area contributed by atoms with Crippen LogP contribution >= 0.6 is 0 Å². The van der Waals surface area contributed by atoms with Gasteiger partial charge in [-0.15, -0.1) is 0 Å². The Morgan fingerprint density at radius 2 is 2.00 bits per heavy atom. The predicted octanol–water partition coefficient (Wildman–Crippen LogP) is 1.91. The maximum atomic E-state index is 12.8. The third-order valence-electron chi connectivity index (χ3n) is 4.88. The summed E-state index contributed by atoms with van der Waals surface area (Å²) in [4.78, 5) is 19.0. The molecular weight excluding hydrogens is 316 g/mol. The molecule has 2 aliphatic rings. The van der Waals surface area contributed by atoms with Gasteiger partial charge in [0.1, 0.15) is 0 Å². The maximum absolute atomic E-state index is 12.8. The number of ether oxygens (including phenoxy) is 1. The van der Waals surface area contributed by atoms with Crippen molar-refractivity contribution in [1.82, 2.24) is 19.7 Å². The number of aromatic nitrogens is 3. The molecule has 4 rings (SSSR count). The molecular formula is C19H24N4O2. The van der Waals surface area contributed by atoms with Crippen LogP contribution in [0.3, 0.4) is 0 Å². The molecule has 2 aromatic rings. The van der Waals surface area contributed by atoms with E-state index in [9.17, 15) is 4.79 Å². The lowest BCUT2D eigenvalue weighted by Gasteiger charge is -2.24. The Morgan fingerprint density at radius 1 is 1.12 bits per heavy atom. The zero-order chi connectivity index (χ0) is 17.1. The van der Waals surface area contributed by atoms with Crippen LogP contribution in [-0.4, -0.2) is 45.3 Å². The van der Waals surface area contributed by atoms with E-state index in [-0.39, 0.29) is 11.8 Å². The number of pyridine rings is 1. The third kappa shape index (κ3) is 4.25. The Morgan fingerprint density at radius 3 is 2.80 bits per heavy atom. The molecule has 1 fully saturated rings. The smallest absolute Gasteiger partial charge is 0.228 e. The molecule has 132 valence electrons. The van der Waals surface area contributed by atoms with Crippen LogP contribution in [0.4, 0.5) is 0 Å². The Labute approximate surface area is 147 Å². The largest absolute Gasteiger partial charge is 0.381 e. The monoisotopic (exact) mass is 340 g/mol. The van der Waals surface area contributed by atoms with Gasteiger partial charge in [0.15, 0.2) is 0 Å². The van der Waals surface area contributed by atoms with E-state index in [0.29, 0.717) is 26.1 Å². The van der Waals surface area contributed by atoms with Crippen LogP contribution in [-0.2, 0) is 29.0 Å². The van der Waals surface area contributed by atoms with Crippen molar-refractivity contribution in [2.45, 2.75) is 32.4 Å². The average Bonchev–Trinajstić information content (AvgIpc) is 3.38. The van der Waals surface area contributed by atoms with Crippen LogP contribution in [0.1, 0.15) is 24.2 Å². The first-order valence-electron chi connectivity index (χ1n) is 9.04. The zero-order valence-corrected chi connectivity index (χ0v) is 14.4. The molecule has 0 bridgehead atoms. The highest BCUT2D eigenvalue weighted by Crippen LogP contribution is 2.29. The van der Waals surface area contributed by atoms with E-state index in [2.05, 4.69) is 10.1 Å². The van der Waals surface area contributed by atoms with Crippen molar-refractivity contribution in [3.05, 3.63) is 48.0 Å². The summed E-state index contributed by atoms with van der Waals surface area (Å²) in [6, 6.07) is 7.68. The van der Waals surface area contributed by atoms with Gasteiger partial charge in [-0.3, -0.25) is 14.5 Å². The van der Waals surface area contributed by atoms with Crippen molar-refractivity contribution in [2.24, 2.45) is 11.8 Å². The van der Waals surface area contributed by atoms with Gasteiger partial charge in [-0.05, 0) is 37.0 Å². The second-order valence-corrected chi connectivity index (χ2v) is 7.12. The van der Waals surface area contributed by atoms with Crippen molar-refractivity contribution in [3.8, 4) is 0 Å². The van der Waals surface area contributed by atoms with E-state index in [4.69, 9.17) is 4.74 Å². The fourth-order valence-corrected chi connectivity index (χ4v) is 3.28. The number of hydrogen-bond donors (Lipinski definition) is 0. The lowest BCUT2D eigenvalue weighted by Crippen LogP contribution is -2.36. The Balaban J connectivity index is 1.43. The molecule has 0 radical (unpaired) electrons. The number of fused-ring (bicyclic) bond motifs is 1. The molecule has 0 spiro atoms. The lowest BCUT2D eigenvalue weighted by atomic mass is 10.1. The van der Waals surface area contributed by atoms with Gasteiger partial charge < -0.3 is 9.64 Å². The summed E-state index contributed by atoms with van der Waals surface area (Å²) < 4.78 is 7.91. The third-order valence-corrected chi connectivity index (χ3v) is 4.88. The van der Waals surface area contributed by atoms with E-state index in [1.807, 2.05) is 40.0 Å². The molecule has 1 atom stereocenters. The number of amides is 1. The summed E-state index contributed by atoms with van der Waals surface area (Å²) in [7, 11) is 0. The van der Waals surface area contributed by atoms with Gasteiger partial charge in [-0.25, -0.2) is 0 Å². The fourth-order valence-electron chi connectivity index (χ4n) is 3.28. The second kappa shape index (κ2) is 7.35. The van der Waals surface area contributed by atoms with Gasteiger partial charge in [-0.1, -0.05) is 6.07 Å². The molecule has 0 unspecified atom stereocenters. The molecule has 0 saturated heterocycles. The van der Waals surface area contributed by atoms with E-state index in [1.54, 1.807) is 6.20 Å². The van der Waals surface area contributed by atoms with Crippen LogP contribution in [0.2, 0.25) is 0 Å². The molecule has 6 nitrogen and oxygen atoms in total. The number of carbonyl (C=O) groups is 1. The fraction of sp³-hybridized carbons (Fsp3) is 0.526. The van der Waals surface area contributed by atoms with Gasteiger partial charge in [0, 0.05) is 43.7 Å². The maximum Gasteiger partial charge on any atom is 0.228 e. The molecule has 6 heteroatoms. The van der Waals surface area contributed by atoms with Crippen LogP contribution in [0.15, 0.2) is 36.7 Å². The molecule has 1 aliphatic carbocycles.